The normalized spacial score (nSPS) is 20.3. The van der Waals surface area contributed by atoms with Gasteiger partial charge in [0, 0.05) is 25.0 Å². The lowest BCUT2D eigenvalue weighted by atomic mass is 9.91. The Hall–Kier alpha value is -2.15. The second kappa shape index (κ2) is 4.20. The van der Waals surface area contributed by atoms with Crippen LogP contribution < -0.4 is 10.1 Å². The number of nitro benzene ring substituents is 1. The highest BCUT2D eigenvalue weighted by molar-refractivity contribution is 6.01. The zero-order valence-electron chi connectivity index (χ0n) is 10.0. The summed E-state index contributed by atoms with van der Waals surface area (Å²) in [6.45, 7) is 0.936. The van der Waals surface area contributed by atoms with Crippen molar-refractivity contribution in [3.05, 3.63) is 28.3 Å². The van der Waals surface area contributed by atoms with Crippen LogP contribution in [-0.2, 0) is 9.53 Å². The minimum Gasteiger partial charge on any atom is -0.475 e. The number of amides is 1. The number of carbonyl (C=O) groups is 1. The number of ether oxygens (including phenoxy) is 2. The van der Waals surface area contributed by atoms with Crippen LogP contribution in [0.25, 0.3) is 0 Å². The predicted molar refractivity (Wildman–Crippen MR) is 65.1 cm³/mol. The van der Waals surface area contributed by atoms with Crippen molar-refractivity contribution in [3.8, 4) is 5.75 Å². The van der Waals surface area contributed by atoms with Crippen molar-refractivity contribution in [1.82, 2.24) is 0 Å². The summed E-state index contributed by atoms with van der Waals surface area (Å²) >= 11 is 0. The summed E-state index contributed by atoms with van der Waals surface area (Å²) in [4.78, 5) is 22.3. The highest BCUT2D eigenvalue weighted by atomic mass is 16.6. The Balaban J connectivity index is 1.95. The van der Waals surface area contributed by atoms with Gasteiger partial charge in [-0.1, -0.05) is 0 Å². The van der Waals surface area contributed by atoms with Gasteiger partial charge in [-0.15, -0.1) is 0 Å². The fourth-order valence-corrected chi connectivity index (χ4v) is 2.34. The molecule has 7 nitrogen and oxygen atoms in total. The van der Waals surface area contributed by atoms with Gasteiger partial charge in [0.2, 0.25) is 0 Å². The number of non-ortho nitro benzene ring substituents is 1. The molecule has 19 heavy (non-hydrogen) atoms. The van der Waals surface area contributed by atoms with E-state index < -0.39 is 10.5 Å². The molecular formula is C12H12N2O5. The van der Waals surface area contributed by atoms with Crippen LogP contribution in [0.2, 0.25) is 0 Å². The standard InChI is InChI=1S/C12H12N2O5/c15-11-12(3-5-18-6-4-12)19-10-2-1-8(14(16)17)7-9(10)13-11/h1-2,7H,3-6H2,(H,13,15). The predicted octanol–water partition coefficient (Wildman–Crippen LogP) is 1.47. The van der Waals surface area contributed by atoms with Crippen LogP contribution in [0, 0.1) is 10.1 Å². The number of benzene rings is 1. The fourth-order valence-electron chi connectivity index (χ4n) is 2.34. The number of anilines is 1. The van der Waals surface area contributed by atoms with Crippen LogP contribution in [0.1, 0.15) is 12.8 Å². The summed E-state index contributed by atoms with van der Waals surface area (Å²) in [6.07, 6.45) is 0.963. The number of nitrogens with zero attached hydrogens (tertiary/aromatic N) is 1. The van der Waals surface area contributed by atoms with Crippen LogP contribution in [0.15, 0.2) is 18.2 Å². The lowest BCUT2D eigenvalue weighted by molar-refractivity contribution is -0.384. The van der Waals surface area contributed by atoms with Crippen LogP contribution in [-0.4, -0.2) is 29.6 Å². The van der Waals surface area contributed by atoms with Gasteiger partial charge in [-0.3, -0.25) is 14.9 Å². The van der Waals surface area contributed by atoms with Crippen LogP contribution >= 0.6 is 0 Å². The van der Waals surface area contributed by atoms with Gasteiger partial charge in [-0.25, -0.2) is 0 Å². The summed E-state index contributed by atoms with van der Waals surface area (Å²) in [6, 6.07) is 4.19. The first-order valence-corrected chi connectivity index (χ1v) is 5.97. The molecule has 7 heteroatoms. The minimum atomic E-state index is -0.901. The van der Waals surface area contributed by atoms with E-state index in [0.29, 0.717) is 37.5 Å². The molecule has 1 amide bonds. The van der Waals surface area contributed by atoms with Crippen molar-refractivity contribution >= 4 is 17.3 Å². The van der Waals surface area contributed by atoms with E-state index in [1.807, 2.05) is 0 Å². The quantitative estimate of drug-likeness (QED) is 0.612. The average molecular weight is 264 g/mol. The molecule has 1 spiro atoms. The van der Waals surface area contributed by atoms with E-state index in [1.165, 1.54) is 18.2 Å². The number of nitro groups is 1. The number of fused-ring (bicyclic) bond motifs is 1. The van der Waals surface area contributed by atoms with Gasteiger partial charge < -0.3 is 14.8 Å². The van der Waals surface area contributed by atoms with Crippen molar-refractivity contribution in [3.63, 3.8) is 0 Å². The highest BCUT2D eigenvalue weighted by Crippen LogP contribution is 2.39. The number of carbonyl (C=O) groups excluding carboxylic acids is 1. The largest absolute Gasteiger partial charge is 0.475 e. The highest BCUT2D eigenvalue weighted by Gasteiger charge is 2.46. The van der Waals surface area contributed by atoms with Gasteiger partial charge in [-0.2, -0.15) is 0 Å². The molecule has 0 radical (unpaired) electrons. The summed E-state index contributed by atoms with van der Waals surface area (Å²) < 4.78 is 11.0. The summed E-state index contributed by atoms with van der Waals surface area (Å²) in [7, 11) is 0. The topological polar surface area (TPSA) is 90.7 Å². The maximum absolute atomic E-state index is 12.2. The van der Waals surface area contributed by atoms with E-state index in [1.54, 1.807) is 0 Å². The Morgan fingerprint density at radius 1 is 1.32 bits per heavy atom. The number of rotatable bonds is 1. The lowest BCUT2D eigenvalue weighted by Crippen LogP contribution is -2.54. The summed E-state index contributed by atoms with van der Waals surface area (Å²) in [5.41, 5.74) is -0.636. The molecule has 0 bridgehead atoms. The van der Waals surface area contributed by atoms with Crippen molar-refractivity contribution < 1.29 is 19.2 Å². The minimum absolute atomic E-state index is 0.0782. The first kappa shape index (κ1) is 11.9. The maximum Gasteiger partial charge on any atom is 0.271 e. The maximum atomic E-state index is 12.2. The zero-order chi connectivity index (χ0) is 13.5. The van der Waals surface area contributed by atoms with E-state index in [4.69, 9.17) is 9.47 Å². The third-order valence-corrected chi connectivity index (χ3v) is 3.44. The lowest BCUT2D eigenvalue weighted by Gasteiger charge is -2.39. The van der Waals surface area contributed by atoms with Gasteiger partial charge in [0.15, 0.2) is 5.60 Å². The molecule has 1 N–H and O–H groups in total. The molecular weight excluding hydrogens is 252 g/mol. The van der Waals surface area contributed by atoms with E-state index in [9.17, 15) is 14.9 Å². The molecule has 0 atom stereocenters. The van der Waals surface area contributed by atoms with Gasteiger partial charge in [-0.05, 0) is 6.07 Å². The number of nitrogens with one attached hydrogen (secondary N) is 1. The molecule has 0 unspecified atom stereocenters. The number of hydrogen-bond donors (Lipinski definition) is 1. The molecule has 1 saturated heterocycles. The average Bonchev–Trinajstić information content (AvgIpc) is 2.40. The molecule has 100 valence electrons. The molecule has 1 aromatic carbocycles. The molecule has 2 aliphatic rings. The zero-order valence-corrected chi connectivity index (χ0v) is 10.0. The van der Waals surface area contributed by atoms with Crippen molar-refractivity contribution in [2.45, 2.75) is 18.4 Å². The van der Waals surface area contributed by atoms with E-state index >= 15 is 0 Å². The summed E-state index contributed by atoms with van der Waals surface area (Å²) in [5, 5.41) is 13.4. The van der Waals surface area contributed by atoms with Crippen LogP contribution in [0.3, 0.4) is 0 Å². The Kier molecular flexibility index (Phi) is 2.63. The van der Waals surface area contributed by atoms with Gasteiger partial charge >= 0.3 is 0 Å². The Morgan fingerprint density at radius 2 is 2.05 bits per heavy atom. The third-order valence-electron chi connectivity index (χ3n) is 3.44. The van der Waals surface area contributed by atoms with Crippen molar-refractivity contribution in [2.24, 2.45) is 0 Å². The smallest absolute Gasteiger partial charge is 0.271 e. The van der Waals surface area contributed by atoms with E-state index in [-0.39, 0.29) is 11.6 Å². The van der Waals surface area contributed by atoms with Crippen LogP contribution in [0.4, 0.5) is 11.4 Å². The molecule has 2 heterocycles. The fraction of sp³-hybridized carbons (Fsp3) is 0.417. The molecule has 3 rings (SSSR count). The van der Waals surface area contributed by atoms with Crippen molar-refractivity contribution in [1.29, 1.82) is 0 Å². The molecule has 0 aromatic heterocycles. The second-order valence-corrected chi connectivity index (χ2v) is 4.60. The van der Waals surface area contributed by atoms with Gasteiger partial charge in [0.05, 0.1) is 23.8 Å². The third kappa shape index (κ3) is 1.91. The SMILES string of the molecule is O=C1Nc2cc([N+](=O)[O-])ccc2OC12CCOCC2. The molecule has 2 aliphatic heterocycles. The van der Waals surface area contributed by atoms with Gasteiger partial charge in [0.1, 0.15) is 5.75 Å². The molecule has 1 aromatic rings. The second-order valence-electron chi connectivity index (χ2n) is 4.60. The molecule has 0 aliphatic carbocycles. The number of hydrogen-bond acceptors (Lipinski definition) is 5. The summed E-state index contributed by atoms with van der Waals surface area (Å²) in [5.74, 6) is 0.205. The molecule has 0 saturated carbocycles. The Labute approximate surface area is 108 Å². The van der Waals surface area contributed by atoms with E-state index in [0.717, 1.165) is 0 Å². The first-order chi connectivity index (χ1) is 9.11. The first-order valence-electron chi connectivity index (χ1n) is 5.97. The van der Waals surface area contributed by atoms with Crippen molar-refractivity contribution in [2.75, 3.05) is 18.5 Å². The Morgan fingerprint density at radius 3 is 2.74 bits per heavy atom. The monoisotopic (exact) mass is 264 g/mol. The Bertz CT molecular complexity index is 551. The van der Waals surface area contributed by atoms with Crippen LogP contribution in [0.5, 0.6) is 5.75 Å². The van der Waals surface area contributed by atoms with E-state index in [2.05, 4.69) is 5.32 Å². The molecule has 1 fully saturated rings. The van der Waals surface area contributed by atoms with Gasteiger partial charge in [0.25, 0.3) is 11.6 Å².